The summed E-state index contributed by atoms with van der Waals surface area (Å²) in [5, 5.41) is 4.63. The molecule has 5 rings (SSSR count). The number of amides is 1. The first kappa shape index (κ1) is 20.0. The number of ether oxygens (including phenoxy) is 1. The van der Waals surface area contributed by atoms with Gasteiger partial charge in [-0.05, 0) is 30.3 Å². The Hall–Kier alpha value is -3.97. The maximum absolute atomic E-state index is 13.3. The molecule has 0 radical (unpaired) electrons. The van der Waals surface area contributed by atoms with E-state index in [1.807, 2.05) is 54.6 Å². The third kappa shape index (κ3) is 3.42. The smallest absolute Gasteiger partial charge is 0.256 e. The van der Waals surface area contributed by atoms with Crippen LogP contribution < -0.4 is 5.32 Å². The van der Waals surface area contributed by atoms with E-state index in [9.17, 15) is 13.2 Å². The number of methoxy groups -OCH3 is 1. The molecule has 0 atom stereocenters. The highest BCUT2D eigenvalue weighted by atomic mass is 32.2. The van der Waals surface area contributed by atoms with E-state index < -0.39 is 9.84 Å². The Kier molecular flexibility index (Phi) is 4.75. The Balaban J connectivity index is 1.55. The molecule has 1 aliphatic heterocycles. The van der Waals surface area contributed by atoms with Crippen LogP contribution in [-0.2, 0) is 14.6 Å². The third-order valence-corrected chi connectivity index (χ3v) is 6.80. The molecule has 1 amide bonds. The number of hydrogen-bond acceptors (Lipinski definition) is 5. The number of pyridine rings is 1. The number of para-hydroxylation sites is 1. The second-order valence-electron chi connectivity index (χ2n) is 7.33. The lowest BCUT2D eigenvalue weighted by atomic mass is 10.0. The Bertz CT molecular complexity index is 1510. The zero-order valence-electron chi connectivity index (χ0n) is 17.1. The molecule has 0 unspecified atom stereocenters. The summed E-state index contributed by atoms with van der Waals surface area (Å²) in [5.41, 5.74) is 3.59. The Morgan fingerprint density at radius 2 is 1.69 bits per heavy atom. The normalized spacial score (nSPS) is 14.0. The van der Waals surface area contributed by atoms with Crippen LogP contribution in [0.25, 0.3) is 27.9 Å². The van der Waals surface area contributed by atoms with Crippen LogP contribution >= 0.6 is 0 Å². The van der Waals surface area contributed by atoms with Crippen molar-refractivity contribution < 1.29 is 17.9 Å². The second-order valence-corrected chi connectivity index (χ2v) is 9.10. The molecular formula is C25H18N2O4S. The minimum atomic E-state index is -3.62. The zero-order valence-corrected chi connectivity index (χ0v) is 17.9. The number of nitrogens with one attached hydrogen (secondary N) is 1. The zero-order chi connectivity index (χ0) is 22.3. The average molecular weight is 442 g/mol. The number of nitrogens with zero attached hydrogens (tertiary/aromatic N) is 1. The lowest BCUT2D eigenvalue weighted by Gasteiger charge is -2.12. The summed E-state index contributed by atoms with van der Waals surface area (Å²) in [7, 11) is -2.19. The summed E-state index contributed by atoms with van der Waals surface area (Å²) in [6.45, 7) is 0. The molecule has 3 aromatic carbocycles. The minimum Gasteiger partial charge on any atom is -0.495 e. The van der Waals surface area contributed by atoms with Gasteiger partial charge in [0.15, 0.2) is 0 Å². The standard InChI is InChI=1S/C25H18N2O4S/c1-31-23-15-32(29,30)24-13-17(11-12-19(23)24)26-25(28)20-14-22(16-7-3-2-4-8-16)27-21-10-6-5-9-18(20)21/h2-15H,1H3,(H,26,28). The van der Waals surface area contributed by atoms with E-state index in [4.69, 9.17) is 9.72 Å². The summed E-state index contributed by atoms with van der Waals surface area (Å²) in [5.74, 6) is -0.0680. The summed E-state index contributed by atoms with van der Waals surface area (Å²) in [6, 6.07) is 23.5. The molecule has 6 nitrogen and oxygen atoms in total. The lowest BCUT2D eigenvalue weighted by Crippen LogP contribution is -2.13. The first-order valence-corrected chi connectivity index (χ1v) is 11.4. The van der Waals surface area contributed by atoms with Crippen molar-refractivity contribution in [2.45, 2.75) is 4.90 Å². The van der Waals surface area contributed by atoms with Gasteiger partial charge in [-0.25, -0.2) is 13.4 Å². The predicted octanol–water partition coefficient (Wildman–Crippen LogP) is 4.89. The van der Waals surface area contributed by atoms with Gasteiger partial charge in [0.2, 0.25) is 9.84 Å². The monoisotopic (exact) mass is 442 g/mol. The van der Waals surface area contributed by atoms with Crippen LogP contribution in [0.3, 0.4) is 0 Å². The van der Waals surface area contributed by atoms with Crippen molar-refractivity contribution in [1.82, 2.24) is 4.98 Å². The average Bonchev–Trinajstić information content (AvgIpc) is 3.08. The first-order chi connectivity index (χ1) is 15.5. The van der Waals surface area contributed by atoms with Crippen LogP contribution in [0.1, 0.15) is 15.9 Å². The van der Waals surface area contributed by atoms with Crippen LogP contribution in [0, 0.1) is 0 Å². The molecule has 0 saturated heterocycles. The summed E-state index contributed by atoms with van der Waals surface area (Å²) >= 11 is 0. The number of benzene rings is 3. The van der Waals surface area contributed by atoms with E-state index in [-0.39, 0.29) is 16.6 Å². The fraction of sp³-hybridized carbons (Fsp3) is 0.0400. The highest BCUT2D eigenvalue weighted by molar-refractivity contribution is 7.94. The molecule has 0 spiro atoms. The fourth-order valence-electron chi connectivity index (χ4n) is 3.78. The van der Waals surface area contributed by atoms with Gasteiger partial charge < -0.3 is 10.1 Å². The van der Waals surface area contributed by atoms with E-state index >= 15 is 0 Å². The molecule has 1 aromatic heterocycles. The maximum atomic E-state index is 13.3. The highest BCUT2D eigenvalue weighted by Crippen LogP contribution is 2.35. The van der Waals surface area contributed by atoms with Crippen molar-refractivity contribution >= 4 is 38.1 Å². The van der Waals surface area contributed by atoms with E-state index in [0.29, 0.717) is 33.4 Å². The van der Waals surface area contributed by atoms with Gasteiger partial charge in [0.1, 0.15) is 5.76 Å². The van der Waals surface area contributed by atoms with Crippen molar-refractivity contribution in [3.63, 3.8) is 0 Å². The number of sulfone groups is 1. The number of carbonyl (C=O) groups is 1. The van der Waals surface area contributed by atoms with Gasteiger partial charge in [0.25, 0.3) is 5.91 Å². The van der Waals surface area contributed by atoms with E-state index in [1.54, 1.807) is 18.2 Å². The van der Waals surface area contributed by atoms with Crippen molar-refractivity contribution in [2.75, 3.05) is 12.4 Å². The predicted molar refractivity (Wildman–Crippen MR) is 124 cm³/mol. The quantitative estimate of drug-likeness (QED) is 0.487. The second kappa shape index (κ2) is 7.62. The number of rotatable bonds is 4. The van der Waals surface area contributed by atoms with E-state index in [2.05, 4.69) is 5.32 Å². The minimum absolute atomic E-state index is 0.108. The number of hydrogen-bond donors (Lipinski definition) is 1. The van der Waals surface area contributed by atoms with Gasteiger partial charge >= 0.3 is 0 Å². The number of aromatic nitrogens is 1. The molecule has 0 aliphatic carbocycles. The summed E-state index contributed by atoms with van der Waals surface area (Å²) in [6.07, 6.45) is 0. The molecule has 1 aliphatic rings. The lowest BCUT2D eigenvalue weighted by molar-refractivity contribution is 0.102. The van der Waals surface area contributed by atoms with Crippen molar-refractivity contribution in [3.8, 4) is 11.3 Å². The highest BCUT2D eigenvalue weighted by Gasteiger charge is 2.28. The van der Waals surface area contributed by atoms with E-state index in [0.717, 1.165) is 11.0 Å². The molecule has 2 heterocycles. The van der Waals surface area contributed by atoms with Crippen LogP contribution in [0.2, 0.25) is 0 Å². The Morgan fingerprint density at radius 3 is 2.47 bits per heavy atom. The van der Waals surface area contributed by atoms with E-state index in [1.165, 1.54) is 13.2 Å². The Labute approximate surface area is 185 Å². The van der Waals surface area contributed by atoms with Gasteiger partial charge in [-0.2, -0.15) is 0 Å². The number of anilines is 1. The summed E-state index contributed by atoms with van der Waals surface area (Å²) < 4.78 is 30.0. The third-order valence-electron chi connectivity index (χ3n) is 5.32. The number of carbonyl (C=O) groups excluding carboxylic acids is 1. The molecule has 1 N–H and O–H groups in total. The SMILES string of the molecule is COC1=CS(=O)(=O)c2cc(NC(=O)c3cc(-c4ccccc4)nc4ccccc34)ccc21. The van der Waals surface area contributed by atoms with Crippen molar-refractivity contribution in [1.29, 1.82) is 0 Å². The summed E-state index contributed by atoms with van der Waals surface area (Å²) in [4.78, 5) is 18.1. The van der Waals surface area contributed by atoms with Crippen LogP contribution in [0.4, 0.5) is 5.69 Å². The fourth-order valence-corrected chi connectivity index (χ4v) is 5.18. The molecular weight excluding hydrogens is 424 g/mol. The molecule has 4 aromatic rings. The maximum Gasteiger partial charge on any atom is 0.256 e. The topological polar surface area (TPSA) is 85.4 Å². The van der Waals surface area contributed by atoms with Gasteiger partial charge in [-0.15, -0.1) is 0 Å². The molecule has 7 heteroatoms. The number of fused-ring (bicyclic) bond motifs is 2. The van der Waals surface area contributed by atoms with Crippen LogP contribution in [0.5, 0.6) is 0 Å². The Morgan fingerprint density at radius 1 is 0.938 bits per heavy atom. The van der Waals surface area contributed by atoms with Gasteiger partial charge in [0, 0.05) is 22.2 Å². The molecule has 0 saturated carbocycles. The largest absolute Gasteiger partial charge is 0.495 e. The van der Waals surface area contributed by atoms with Crippen molar-refractivity contribution in [2.24, 2.45) is 0 Å². The molecule has 32 heavy (non-hydrogen) atoms. The molecule has 0 bridgehead atoms. The van der Waals surface area contributed by atoms with Crippen molar-refractivity contribution in [3.05, 3.63) is 95.4 Å². The first-order valence-electron chi connectivity index (χ1n) is 9.88. The van der Waals surface area contributed by atoms with Crippen LogP contribution in [0.15, 0.2) is 89.2 Å². The van der Waals surface area contributed by atoms with Crippen LogP contribution in [-0.4, -0.2) is 26.4 Å². The van der Waals surface area contributed by atoms with Gasteiger partial charge in [-0.1, -0.05) is 48.5 Å². The van der Waals surface area contributed by atoms with Gasteiger partial charge in [-0.3, -0.25) is 4.79 Å². The molecule has 158 valence electrons. The molecule has 0 fully saturated rings. The van der Waals surface area contributed by atoms with Gasteiger partial charge in [0.05, 0.1) is 34.2 Å².